The summed E-state index contributed by atoms with van der Waals surface area (Å²) in [5.41, 5.74) is 1.69. The van der Waals surface area contributed by atoms with E-state index < -0.39 is 30.1 Å². The van der Waals surface area contributed by atoms with Crippen LogP contribution in [-0.2, 0) is 9.53 Å². The molecule has 1 aromatic heterocycles. The fourth-order valence-electron chi connectivity index (χ4n) is 1.68. The molecule has 0 radical (unpaired) electrons. The van der Waals surface area contributed by atoms with Gasteiger partial charge in [0.2, 0.25) is 0 Å². The molecule has 4 nitrogen and oxygen atoms in total. The number of carbonyl (C=O) groups is 1. The van der Waals surface area contributed by atoms with E-state index in [2.05, 4.69) is 11.4 Å². The number of carbonyl (C=O) groups excluding carboxylic acids is 1. The Balaban J connectivity index is 2.36. The zero-order valence-corrected chi connectivity index (χ0v) is 14.6. The van der Waals surface area contributed by atoms with Crippen LogP contribution in [0.25, 0.3) is 0 Å². The summed E-state index contributed by atoms with van der Waals surface area (Å²) in [7, 11) is 0. The van der Waals surface area contributed by atoms with Crippen molar-refractivity contribution in [1.29, 1.82) is 0 Å². The van der Waals surface area contributed by atoms with Crippen LogP contribution in [0.2, 0.25) is 0 Å². The van der Waals surface area contributed by atoms with Gasteiger partial charge in [0.05, 0.1) is 0 Å². The topological polar surface area (TPSA) is 44.1 Å². The molecule has 0 fully saturated rings. The average Bonchev–Trinajstić information content (AvgIpc) is 2.85. The minimum absolute atomic E-state index is 0.309. The number of hydrogen-bond acceptors (Lipinski definition) is 3. The van der Waals surface area contributed by atoms with Gasteiger partial charge in [-0.1, -0.05) is 0 Å². The molecule has 0 aliphatic rings. The molecule has 0 saturated carbocycles. The maximum absolute atomic E-state index is 11.2. The summed E-state index contributed by atoms with van der Waals surface area (Å²) >= 11 is -1.14. The second kappa shape index (κ2) is 6.03. The van der Waals surface area contributed by atoms with E-state index >= 15 is 0 Å². The van der Waals surface area contributed by atoms with Crippen LogP contribution in [0.1, 0.15) is 24.3 Å². The van der Waals surface area contributed by atoms with Crippen molar-refractivity contribution in [2.24, 2.45) is 0 Å². The summed E-state index contributed by atoms with van der Waals surface area (Å²) < 4.78 is 11.4. The Morgan fingerprint density at radius 2 is 2.17 bits per heavy atom. The van der Waals surface area contributed by atoms with Crippen LogP contribution in [0.3, 0.4) is 0 Å². The predicted octanol–water partition coefficient (Wildman–Crippen LogP) is 1.43. The van der Waals surface area contributed by atoms with Crippen LogP contribution in [0.15, 0.2) is 42.9 Å². The number of esters is 1. The van der Waals surface area contributed by atoms with Crippen molar-refractivity contribution in [2.45, 2.75) is 13.0 Å². The van der Waals surface area contributed by atoms with Crippen molar-refractivity contribution >= 4 is 34.1 Å². The Morgan fingerprint density at radius 3 is 2.72 bits per heavy atom. The first-order chi connectivity index (χ1) is 8.70. The molecule has 90 valence electrons. The number of hydrogen-bond donors (Lipinski definition) is 0. The van der Waals surface area contributed by atoms with Gasteiger partial charge in [-0.15, -0.1) is 0 Å². The van der Waals surface area contributed by atoms with Gasteiger partial charge >= 0.3 is 118 Å². The third-order valence-electron chi connectivity index (χ3n) is 2.49. The molecule has 0 amide bonds. The molecule has 0 saturated heterocycles. The minimum atomic E-state index is -1.14. The molecular weight excluding hydrogens is 421 g/mol. The van der Waals surface area contributed by atoms with Gasteiger partial charge in [0.25, 0.3) is 0 Å². The van der Waals surface area contributed by atoms with Crippen LogP contribution in [-0.4, -0.2) is 41.4 Å². The molecule has 0 N–H and O–H groups in total. The third-order valence-corrected chi connectivity index (χ3v) is 5.22. The first-order valence-corrected chi connectivity index (χ1v) is 10.8. The Morgan fingerprint density at radius 1 is 1.44 bits per heavy atom. The molecular formula is C13H13N2O2Tl. The fraction of sp³-hybridized carbons (Fsp3) is 0.154. The van der Waals surface area contributed by atoms with Crippen molar-refractivity contribution < 1.29 is 9.53 Å². The monoisotopic (exact) mass is 434 g/mol. The van der Waals surface area contributed by atoms with E-state index in [9.17, 15) is 4.79 Å². The first-order valence-electron chi connectivity index (χ1n) is 5.59. The van der Waals surface area contributed by atoms with Crippen LogP contribution < -0.4 is 0 Å². The van der Waals surface area contributed by atoms with Crippen LogP contribution in [0.5, 0.6) is 0 Å². The first kappa shape index (κ1) is 13.1. The van der Waals surface area contributed by atoms with Crippen molar-refractivity contribution in [1.82, 2.24) is 7.36 Å². The number of imidazole rings is 1. The zero-order valence-electron chi connectivity index (χ0n) is 10.1. The van der Waals surface area contributed by atoms with Gasteiger partial charge in [-0.2, -0.15) is 0 Å². The Hall–Kier alpha value is -1.31. The summed E-state index contributed by atoms with van der Waals surface area (Å²) in [5.74, 6) is -0.309. The van der Waals surface area contributed by atoms with Crippen molar-refractivity contribution in [3.63, 3.8) is 0 Å². The standard InChI is InChI=1S/C12H11N2O2.CH2.Tl/c1-9(15)16-12(11-7-13-8-14-11)10-5-3-2-4-6-10;;/h2-8,12H,1H3;1H2;/q-1;;+1. The molecule has 0 bridgehead atoms. The molecule has 0 spiro atoms. The molecule has 5 heteroatoms. The molecule has 1 heterocycles. The summed E-state index contributed by atoms with van der Waals surface area (Å²) in [6, 6.07) is 9.63. The molecule has 18 heavy (non-hydrogen) atoms. The molecule has 1 aromatic carbocycles. The van der Waals surface area contributed by atoms with Gasteiger partial charge in [-0.05, 0) is 0 Å². The van der Waals surface area contributed by atoms with Gasteiger partial charge in [0.1, 0.15) is 0 Å². The van der Waals surface area contributed by atoms with Crippen LogP contribution in [0, 0.1) is 0 Å². The van der Waals surface area contributed by atoms with E-state index in [4.69, 9.17) is 4.74 Å². The summed E-state index contributed by atoms with van der Waals surface area (Å²) in [6.07, 6.45) is 3.28. The summed E-state index contributed by atoms with van der Waals surface area (Å²) in [6.45, 7) is 1.41. The number of aromatic nitrogens is 2. The van der Waals surface area contributed by atoms with Gasteiger partial charge in [0, 0.05) is 0 Å². The maximum atomic E-state index is 11.2. The van der Waals surface area contributed by atoms with Gasteiger partial charge < -0.3 is 0 Å². The van der Waals surface area contributed by atoms with E-state index in [1.54, 1.807) is 6.33 Å². The Bertz CT molecular complexity index is 551. The fourth-order valence-corrected chi connectivity index (χ4v) is 3.31. The molecule has 0 aliphatic heterocycles. The van der Waals surface area contributed by atoms with Crippen molar-refractivity contribution in [3.8, 4) is 0 Å². The molecule has 2 aromatic rings. The van der Waals surface area contributed by atoms with Gasteiger partial charge in [-0.25, -0.2) is 0 Å². The van der Waals surface area contributed by atoms with E-state index in [0.29, 0.717) is 0 Å². The second-order valence-corrected chi connectivity index (χ2v) is 7.57. The van der Waals surface area contributed by atoms with Crippen LogP contribution >= 0.6 is 0 Å². The van der Waals surface area contributed by atoms with Crippen molar-refractivity contribution in [2.75, 3.05) is 0 Å². The molecule has 1 atom stereocenters. The summed E-state index contributed by atoms with van der Waals surface area (Å²) in [4.78, 5) is 15.5. The normalized spacial score (nSPS) is 11.6. The predicted molar refractivity (Wildman–Crippen MR) is 70.6 cm³/mol. The van der Waals surface area contributed by atoms with E-state index in [1.165, 1.54) is 6.92 Å². The molecule has 2 rings (SSSR count). The second-order valence-electron chi connectivity index (χ2n) is 3.83. The SMILES string of the molecule is [CH2]=[Tl][n]1cnc(C(OC(C)=O)c2ccccc2)c1. The third kappa shape index (κ3) is 3.12. The average molecular weight is 434 g/mol. The Kier molecular flexibility index (Phi) is 4.40. The van der Waals surface area contributed by atoms with Crippen molar-refractivity contribution in [3.05, 3.63) is 54.1 Å². The molecule has 0 aliphatic carbocycles. The summed E-state index contributed by atoms with van der Waals surface area (Å²) in [5, 5.41) is 0. The zero-order chi connectivity index (χ0) is 13.0. The number of ether oxygens (including phenoxy) is 1. The van der Waals surface area contributed by atoms with E-state index in [-0.39, 0.29) is 5.97 Å². The Labute approximate surface area is 118 Å². The van der Waals surface area contributed by atoms with E-state index in [0.717, 1.165) is 11.3 Å². The van der Waals surface area contributed by atoms with E-state index in [1.807, 2.05) is 36.5 Å². The number of rotatable bonds is 4. The number of nitrogens with zero attached hydrogens (tertiary/aromatic N) is 2. The molecule has 1 unspecified atom stereocenters. The quantitative estimate of drug-likeness (QED) is 0.541. The number of benzene rings is 1. The van der Waals surface area contributed by atoms with Crippen LogP contribution in [0.4, 0.5) is 0 Å². The van der Waals surface area contributed by atoms with Gasteiger partial charge in [-0.3, -0.25) is 0 Å². The van der Waals surface area contributed by atoms with Gasteiger partial charge in [0.15, 0.2) is 0 Å².